The second kappa shape index (κ2) is 12.7. The second-order valence-electron chi connectivity index (χ2n) is 7.51. The fourth-order valence-electron chi connectivity index (χ4n) is 3.76. The van der Waals surface area contributed by atoms with E-state index in [0.29, 0.717) is 6.54 Å². The maximum atomic E-state index is 11.7. The number of rotatable bonds is 10. The average molecular weight is 538 g/mol. The van der Waals surface area contributed by atoms with Crippen LogP contribution in [-0.2, 0) is 27.1 Å². The predicted octanol–water partition coefficient (Wildman–Crippen LogP) is 2.62. The Kier molecular flexibility index (Phi) is 11.4. The highest BCUT2D eigenvalue weighted by molar-refractivity contribution is 14.0. The Bertz CT molecular complexity index is 750. The number of nitrogens with zero attached hydrogens (tertiary/aromatic N) is 1. The third-order valence-electron chi connectivity index (χ3n) is 5.47. The van der Waals surface area contributed by atoms with Gasteiger partial charge in [-0.15, -0.1) is 24.0 Å². The maximum absolute atomic E-state index is 11.7. The summed E-state index contributed by atoms with van der Waals surface area (Å²) < 4.78 is 31.1. The molecule has 0 bridgehead atoms. The van der Waals surface area contributed by atoms with Crippen LogP contribution in [0.4, 0.5) is 0 Å². The number of sulfonamides is 1. The van der Waals surface area contributed by atoms with Crippen molar-refractivity contribution in [2.75, 3.05) is 34.4 Å². The lowest BCUT2D eigenvalue weighted by Gasteiger charge is -2.30. The number of halogens is 1. The Labute approximate surface area is 192 Å². The van der Waals surface area contributed by atoms with Gasteiger partial charge in [0.15, 0.2) is 5.96 Å². The van der Waals surface area contributed by atoms with E-state index in [2.05, 4.69) is 20.3 Å². The van der Waals surface area contributed by atoms with Gasteiger partial charge >= 0.3 is 0 Å². The Morgan fingerprint density at radius 2 is 1.90 bits per heavy atom. The molecular formula is C20H35IN4O3S. The van der Waals surface area contributed by atoms with Crippen molar-refractivity contribution in [3.63, 3.8) is 0 Å². The van der Waals surface area contributed by atoms with Crippen molar-refractivity contribution in [1.29, 1.82) is 0 Å². The molecular weight excluding hydrogens is 503 g/mol. The van der Waals surface area contributed by atoms with E-state index >= 15 is 0 Å². The summed E-state index contributed by atoms with van der Waals surface area (Å²) in [7, 11) is 1.68. The summed E-state index contributed by atoms with van der Waals surface area (Å²) in [5.74, 6) is 0.740. The van der Waals surface area contributed by atoms with Crippen LogP contribution in [-0.4, -0.2) is 48.7 Å². The highest BCUT2D eigenvalue weighted by Gasteiger charge is 2.33. The molecule has 1 saturated carbocycles. The van der Waals surface area contributed by atoms with Gasteiger partial charge in [-0.05, 0) is 42.9 Å². The van der Waals surface area contributed by atoms with Crippen molar-refractivity contribution in [3.8, 4) is 0 Å². The number of benzene rings is 1. The quantitative estimate of drug-likeness (QED) is 0.242. The molecule has 0 saturated heterocycles. The van der Waals surface area contributed by atoms with Gasteiger partial charge in [0.2, 0.25) is 10.0 Å². The van der Waals surface area contributed by atoms with Gasteiger partial charge in [-0.2, -0.15) is 0 Å². The topological polar surface area (TPSA) is 91.8 Å². The first-order chi connectivity index (χ1) is 13.4. The highest BCUT2D eigenvalue weighted by atomic mass is 127. The van der Waals surface area contributed by atoms with Crippen molar-refractivity contribution in [1.82, 2.24) is 15.4 Å². The van der Waals surface area contributed by atoms with Crippen LogP contribution in [0.15, 0.2) is 29.3 Å². The fraction of sp³-hybridized carbons (Fsp3) is 0.650. The molecule has 0 spiro atoms. The first-order valence-electron chi connectivity index (χ1n) is 9.84. The van der Waals surface area contributed by atoms with E-state index in [1.807, 2.05) is 24.3 Å². The van der Waals surface area contributed by atoms with E-state index in [9.17, 15) is 8.42 Å². The molecule has 1 aromatic carbocycles. The predicted molar refractivity (Wildman–Crippen MR) is 129 cm³/mol. The van der Waals surface area contributed by atoms with Gasteiger partial charge in [0, 0.05) is 33.9 Å². The molecule has 0 amide bonds. The Balaban J connectivity index is 0.00000420. The molecule has 9 heteroatoms. The zero-order valence-electron chi connectivity index (χ0n) is 17.7. The van der Waals surface area contributed by atoms with E-state index in [-0.39, 0.29) is 35.1 Å². The van der Waals surface area contributed by atoms with E-state index in [0.717, 1.165) is 36.7 Å². The molecule has 1 aliphatic rings. The summed E-state index contributed by atoms with van der Waals surface area (Å²) >= 11 is 0. The van der Waals surface area contributed by atoms with Crippen molar-refractivity contribution < 1.29 is 13.2 Å². The Hall–Kier alpha value is -0.910. The fourth-order valence-corrected chi connectivity index (χ4v) is 4.52. The largest absolute Gasteiger partial charge is 0.385 e. The lowest BCUT2D eigenvalue weighted by molar-refractivity contribution is 0.138. The van der Waals surface area contributed by atoms with Crippen molar-refractivity contribution in [2.45, 2.75) is 44.4 Å². The minimum atomic E-state index is -3.27. The van der Waals surface area contributed by atoms with Crippen molar-refractivity contribution >= 4 is 40.0 Å². The summed E-state index contributed by atoms with van der Waals surface area (Å²) in [6.07, 6.45) is 6.07. The highest BCUT2D eigenvalue weighted by Crippen LogP contribution is 2.40. The molecule has 2 rings (SSSR count). The van der Waals surface area contributed by atoms with Crippen LogP contribution in [0, 0.1) is 5.41 Å². The van der Waals surface area contributed by atoms with Crippen LogP contribution >= 0.6 is 24.0 Å². The number of ether oxygens (including phenoxy) is 1. The summed E-state index contributed by atoms with van der Waals surface area (Å²) in [5, 5.41) is 6.80. The molecule has 0 heterocycles. The first-order valence-corrected chi connectivity index (χ1v) is 11.5. The number of methoxy groups -OCH3 is 1. The summed E-state index contributed by atoms with van der Waals surface area (Å²) in [6, 6.07) is 7.59. The van der Waals surface area contributed by atoms with Gasteiger partial charge in [-0.3, -0.25) is 4.99 Å². The molecule has 166 valence electrons. The lowest BCUT2D eigenvalue weighted by Crippen LogP contribution is -2.43. The molecule has 0 atom stereocenters. The van der Waals surface area contributed by atoms with Crippen LogP contribution in [0.3, 0.4) is 0 Å². The molecule has 3 N–H and O–H groups in total. The third kappa shape index (κ3) is 8.77. The van der Waals surface area contributed by atoms with E-state index in [4.69, 9.17) is 4.74 Å². The van der Waals surface area contributed by atoms with Crippen LogP contribution in [0.25, 0.3) is 0 Å². The molecule has 29 heavy (non-hydrogen) atoms. The van der Waals surface area contributed by atoms with E-state index < -0.39 is 10.0 Å². The van der Waals surface area contributed by atoms with Gasteiger partial charge in [0.1, 0.15) is 0 Å². The zero-order chi connectivity index (χ0) is 20.5. The molecule has 0 radical (unpaired) electrons. The summed E-state index contributed by atoms with van der Waals surface area (Å²) in [6.45, 7) is 2.25. The molecule has 0 aliphatic heterocycles. The summed E-state index contributed by atoms with van der Waals surface area (Å²) in [5.41, 5.74) is 2.07. The van der Waals surface area contributed by atoms with E-state index in [1.54, 1.807) is 14.2 Å². The number of aliphatic imine (C=N–C) groups is 1. The normalized spacial score (nSPS) is 16.3. The molecule has 0 aromatic heterocycles. The first kappa shape index (κ1) is 26.1. The van der Waals surface area contributed by atoms with Crippen molar-refractivity contribution in [3.05, 3.63) is 35.4 Å². The lowest BCUT2D eigenvalue weighted by atomic mass is 9.83. The van der Waals surface area contributed by atoms with Crippen LogP contribution in [0.2, 0.25) is 0 Å². The van der Waals surface area contributed by atoms with Gasteiger partial charge in [0.05, 0.1) is 5.75 Å². The van der Waals surface area contributed by atoms with Crippen LogP contribution in [0.5, 0.6) is 0 Å². The molecule has 0 unspecified atom stereocenters. The summed E-state index contributed by atoms with van der Waals surface area (Å²) in [4.78, 5) is 4.33. The number of hydrogen-bond donors (Lipinski definition) is 3. The maximum Gasteiger partial charge on any atom is 0.215 e. The van der Waals surface area contributed by atoms with Gasteiger partial charge < -0.3 is 15.4 Å². The SMILES string of the molecule is CN=C(NCc1cccc(CS(=O)(=O)NC)c1)NCC1(CCOC)CCCC1.I. The van der Waals surface area contributed by atoms with Crippen LogP contribution in [0.1, 0.15) is 43.2 Å². The van der Waals surface area contributed by atoms with Gasteiger partial charge in [-0.1, -0.05) is 37.1 Å². The number of hydrogen-bond acceptors (Lipinski definition) is 4. The smallest absolute Gasteiger partial charge is 0.215 e. The molecule has 1 aliphatic carbocycles. The third-order valence-corrected chi connectivity index (χ3v) is 6.81. The molecule has 1 aromatic rings. The Morgan fingerprint density at radius 3 is 2.52 bits per heavy atom. The standard InChI is InChI=1S/C20H34N4O3S.HI/c1-21-19(24-16-20(11-12-27-3)9-4-5-10-20)23-14-17-7-6-8-18(13-17)15-28(25,26)22-2;/h6-8,13,22H,4-5,9-12,14-16H2,1-3H3,(H2,21,23,24);1H. The van der Waals surface area contributed by atoms with E-state index in [1.165, 1.54) is 32.7 Å². The average Bonchev–Trinajstić information content (AvgIpc) is 3.15. The minimum absolute atomic E-state index is 0. The van der Waals surface area contributed by atoms with Crippen molar-refractivity contribution in [2.24, 2.45) is 10.4 Å². The number of nitrogens with one attached hydrogen (secondary N) is 3. The minimum Gasteiger partial charge on any atom is -0.385 e. The molecule has 7 nitrogen and oxygen atoms in total. The monoisotopic (exact) mass is 538 g/mol. The zero-order valence-corrected chi connectivity index (χ0v) is 20.8. The molecule has 1 fully saturated rings. The van der Waals surface area contributed by atoms with Gasteiger partial charge in [-0.25, -0.2) is 13.1 Å². The van der Waals surface area contributed by atoms with Crippen LogP contribution < -0.4 is 15.4 Å². The second-order valence-corrected chi connectivity index (χ2v) is 9.44. The number of guanidine groups is 1. The van der Waals surface area contributed by atoms with Gasteiger partial charge in [0.25, 0.3) is 0 Å². The Morgan fingerprint density at radius 1 is 1.21 bits per heavy atom.